The van der Waals surface area contributed by atoms with Gasteiger partial charge in [-0.1, -0.05) is 0 Å². The fourth-order valence-corrected chi connectivity index (χ4v) is 1.54. The molecule has 0 saturated carbocycles. The summed E-state index contributed by atoms with van der Waals surface area (Å²) in [7, 11) is 0. The minimum Gasteiger partial charge on any atom is -0.451 e. The number of amides is 1. The molecule has 104 valence electrons. The Morgan fingerprint density at radius 3 is 2.15 bits per heavy atom. The van der Waals surface area contributed by atoms with Gasteiger partial charge >= 0.3 is 0 Å². The van der Waals surface area contributed by atoms with Crippen molar-refractivity contribution in [3.8, 4) is 11.5 Å². The highest BCUT2D eigenvalue weighted by Crippen LogP contribution is 2.28. The summed E-state index contributed by atoms with van der Waals surface area (Å²) in [6, 6.07) is 6.38. The van der Waals surface area contributed by atoms with Crippen LogP contribution in [0, 0.1) is 17.5 Å². The van der Waals surface area contributed by atoms with Crippen LogP contribution in [0.3, 0.4) is 0 Å². The van der Waals surface area contributed by atoms with Crippen LogP contribution in [0.25, 0.3) is 0 Å². The lowest BCUT2D eigenvalue weighted by Crippen LogP contribution is -2.06. The minimum absolute atomic E-state index is 0.232. The predicted molar refractivity (Wildman–Crippen MR) is 67.1 cm³/mol. The number of nitrogens with one attached hydrogen (secondary N) is 1. The maximum atomic E-state index is 13.7. The summed E-state index contributed by atoms with van der Waals surface area (Å²) in [6.45, 7) is 1.29. The topological polar surface area (TPSA) is 38.3 Å². The molecule has 0 bridgehead atoms. The van der Waals surface area contributed by atoms with E-state index in [0.29, 0.717) is 6.07 Å². The maximum Gasteiger partial charge on any atom is 0.221 e. The number of benzene rings is 2. The Balaban J connectivity index is 2.23. The first-order chi connectivity index (χ1) is 9.45. The maximum absolute atomic E-state index is 13.7. The molecule has 2 rings (SSSR count). The van der Waals surface area contributed by atoms with Gasteiger partial charge in [-0.2, -0.15) is 0 Å². The Bertz CT molecular complexity index is 659. The molecule has 1 N–H and O–H groups in total. The Morgan fingerprint density at radius 1 is 1.00 bits per heavy atom. The second kappa shape index (κ2) is 5.64. The third-order valence-corrected chi connectivity index (χ3v) is 2.37. The van der Waals surface area contributed by atoms with E-state index in [1.807, 2.05) is 0 Å². The van der Waals surface area contributed by atoms with E-state index in [-0.39, 0.29) is 23.1 Å². The van der Waals surface area contributed by atoms with Crippen molar-refractivity contribution in [1.82, 2.24) is 0 Å². The summed E-state index contributed by atoms with van der Waals surface area (Å²) >= 11 is 0. The van der Waals surface area contributed by atoms with E-state index in [9.17, 15) is 18.0 Å². The van der Waals surface area contributed by atoms with Crippen LogP contribution in [-0.4, -0.2) is 5.91 Å². The lowest BCUT2D eigenvalue weighted by Gasteiger charge is -2.09. The largest absolute Gasteiger partial charge is 0.451 e. The number of carbonyl (C=O) groups is 1. The Hall–Kier alpha value is -2.50. The van der Waals surface area contributed by atoms with Crippen LogP contribution < -0.4 is 10.1 Å². The average molecular weight is 281 g/mol. The van der Waals surface area contributed by atoms with Crippen molar-refractivity contribution in [3.63, 3.8) is 0 Å². The molecule has 0 fully saturated rings. The zero-order valence-electron chi connectivity index (χ0n) is 10.4. The second-order valence-corrected chi connectivity index (χ2v) is 4.00. The molecule has 0 saturated heterocycles. The molecule has 0 aliphatic rings. The summed E-state index contributed by atoms with van der Waals surface area (Å²) in [5.41, 5.74) is 0.252. The number of hydrogen-bond donors (Lipinski definition) is 1. The smallest absolute Gasteiger partial charge is 0.221 e. The molecule has 3 nitrogen and oxygen atoms in total. The normalized spacial score (nSPS) is 10.2. The van der Waals surface area contributed by atoms with E-state index in [4.69, 9.17) is 4.74 Å². The molecule has 0 unspecified atom stereocenters. The van der Waals surface area contributed by atoms with Crippen molar-refractivity contribution in [3.05, 3.63) is 53.8 Å². The number of anilines is 1. The molecule has 20 heavy (non-hydrogen) atoms. The molecular formula is C14H10F3NO2. The fourth-order valence-electron chi connectivity index (χ4n) is 1.54. The van der Waals surface area contributed by atoms with Gasteiger partial charge in [-0.25, -0.2) is 13.2 Å². The van der Waals surface area contributed by atoms with Gasteiger partial charge in [-0.15, -0.1) is 0 Å². The van der Waals surface area contributed by atoms with Gasteiger partial charge in [-0.05, 0) is 24.3 Å². The lowest BCUT2D eigenvalue weighted by molar-refractivity contribution is -0.114. The Kier molecular flexibility index (Phi) is 3.93. The van der Waals surface area contributed by atoms with Gasteiger partial charge in [0.1, 0.15) is 5.82 Å². The summed E-state index contributed by atoms with van der Waals surface area (Å²) in [5.74, 6) is -3.34. The summed E-state index contributed by atoms with van der Waals surface area (Å²) in [4.78, 5) is 10.8. The van der Waals surface area contributed by atoms with Crippen molar-refractivity contribution in [1.29, 1.82) is 0 Å². The van der Waals surface area contributed by atoms with Gasteiger partial charge in [0.25, 0.3) is 0 Å². The highest BCUT2D eigenvalue weighted by Gasteiger charge is 2.10. The van der Waals surface area contributed by atoms with E-state index in [0.717, 1.165) is 18.2 Å². The minimum atomic E-state index is -0.935. The summed E-state index contributed by atoms with van der Waals surface area (Å²) in [6.07, 6.45) is 0. The molecule has 0 aliphatic heterocycles. The highest BCUT2D eigenvalue weighted by atomic mass is 19.1. The van der Waals surface area contributed by atoms with E-state index >= 15 is 0 Å². The molecule has 0 spiro atoms. The molecule has 6 heteroatoms. The fraction of sp³-hybridized carbons (Fsp3) is 0.0714. The number of hydrogen-bond acceptors (Lipinski definition) is 2. The van der Waals surface area contributed by atoms with Crippen molar-refractivity contribution < 1.29 is 22.7 Å². The Labute approximate surface area is 113 Å². The average Bonchev–Trinajstić information content (AvgIpc) is 2.34. The molecule has 0 aromatic heterocycles. The van der Waals surface area contributed by atoms with E-state index in [2.05, 4.69) is 5.32 Å². The molecule has 0 atom stereocenters. The summed E-state index contributed by atoms with van der Waals surface area (Å²) < 4.78 is 44.9. The van der Waals surface area contributed by atoms with Crippen LogP contribution in [0.4, 0.5) is 18.9 Å². The quantitative estimate of drug-likeness (QED) is 0.927. The van der Waals surface area contributed by atoms with Crippen LogP contribution in [-0.2, 0) is 4.79 Å². The Morgan fingerprint density at radius 2 is 1.60 bits per heavy atom. The molecule has 0 radical (unpaired) electrons. The van der Waals surface area contributed by atoms with Gasteiger partial charge in [0.05, 0.1) is 0 Å². The third kappa shape index (κ3) is 3.28. The molecule has 2 aromatic rings. The number of ether oxygens (including phenoxy) is 1. The van der Waals surface area contributed by atoms with Crippen molar-refractivity contribution in [2.45, 2.75) is 6.92 Å². The van der Waals surface area contributed by atoms with Crippen molar-refractivity contribution in [2.75, 3.05) is 5.32 Å². The molecular weight excluding hydrogens is 271 g/mol. The first-order valence-electron chi connectivity index (χ1n) is 5.66. The first kappa shape index (κ1) is 13.9. The van der Waals surface area contributed by atoms with Gasteiger partial charge in [0.15, 0.2) is 23.1 Å². The van der Waals surface area contributed by atoms with Crippen molar-refractivity contribution in [2.24, 2.45) is 0 Å². The van der Waals surface area contributed by atoms with Gasteiger partial charge in [0.2, 0.25) is 5.91 Å². The zero-order chi connectivity index (χ0) is 14.7. The van der Waals surface area contributed by atoms with Crippen LogP contribution in [0.2, 0.25) is 0 Å². The second-order valence-electron chi connectivity index (χ2n) is 4.00. The number of rotatable bonds is 3. The van der Waals surface area contributed by atoms with Crippen LogP contribution >= 0.6 is 0 Å². The molecule has 2 aromatic carbocycles. The van der Waals surface area contributed by atoms with E-state index in [1.165, 1.54) is 19.1 Å². The molecule has 0 heterocycles. The van der Waals surface area contributed by atoms with Gasteiger partial charge < -0.3 is 10.1 Å². The standard InChI is InChI=1S/C14H10F3NO2/c1-8(19)18-10-3-5-14(12(17)7-10)20-13-4-2-9(15)6-11(13)16/h2-7H,1H3,(H,18,19). The third-order valence-electron chi connectivity index (χ3n) is 2.37. The van der Waals surface area contributed by atoms with E-state index < -0.39 is 17.5 Å². The predicted octanol–water partition coefficient (Wildman–Crippen LogP) is 3.85. The van der Waals surface area contributed by atoms with Crippen LogP contribution in [0.5, 0.6) is 11.5 Å². The lowest BCUT2D eigenvalue weighted by atomic mass is 10.2. The summed E-state index contributed by atoms with van der Waals surface area (Å²) in [5, 5.41) is 2.40. The molecule has 1 amide bonds. The van der Waals surface area contributed by atoms with Gasteiger partial charge in [0, 0.05) is 24.7 Å². The number of halogens is 3. The number of carbonyl (C=O) groups excluding carboxylic acids is 1. The van der Waals surface area contributed by atoms with E-state index in [1.54, 1.807) is 0 Å². The van der Waals surface area contributed by atoms with Gasteiger partial charge in [-0.3, -0.25) is 4.79 Å². The van der Waals surface area contributed by atoms with Crippen molar-refractivity contribution >= 4 is 11.6 Å². The highest BCUT2D eigenvalue weighted by molar-refractivity contribution is 5.88. The monoisotopic (exact) mass is 281 g/mol. The van der Waals surface area contributed by atoms with Crippen LogP contribution in [0.15, 0.2) is 36.4 Å². The SMILES string of the molecule is CC(=O)Nc1ccc(Oc2ccc(F)cc2F)c(F)c1. The van der Waals surface area contributed by atoms with Crippen LogP contribution in [0.1, 0.15) is 6.92 Å². The first-order valence-corrected chi connectivity index (χ1v) is 5.66. The zero-order valence-corrected chi connectivity index (χ0v) is 10.4. The molecule has 0 aliphatic carbocycles.